The number of thiazole rings is 1. The zero-order chi connectivity index (χ0) is 20.1. The van der Waals surface area contributed by atoms with Gasteiger partial charge in [-0.3, -0.25) is 10.1 Å². The standard InChI is InChI=1S/C19H23N3O3S3/c1-3-4-5-13-6-8-15-17(12-13)27-19(21-15)22-18(23)16-9-7-14(26-16)10-11-20-28(2,24)25/h6-9,12,20H,3-5,10-11H2,1-2H3,(H,21,22,23). The SMILES string of the molecule is CCCCc1ccc2nc(NC(=O)c3ccc(CCNS(C)(=O)=O)s3)sc2c1. The summed E-state index contributed by atoms with van der Waals surface area (Å²) in [5.41, 5.74) is 2.18. The molecule has 2 N–H and O–H groups in total. The second-order valence-corrected chi connectivity index (χ2v) is 10.6. The van der Waals surface area contributed by atoms with E-state index in [9.17, 15) is 13.2 Å². The van der Waals surface area contributed by atoms with Crippen LogP contribution in [-0.4, -0.2) is 32.1 Å². The summed E-state index contributed by atoms with van der Waals surface area (Å²) in [6.07, 6.45) is 5.05. The van der Waals surface area contributed by atoms with Crippen LogP contribution in [0.2, 0.25) is 0 Å². The fourth-order valence-electron chi connectivity index (χ4n) is 2.71. The van der Waals surface area contributed by atoms with Crippen molar-refractivity contribution in [3.05, 3.63) is 45.6 Å². The Hall–Kier alpha value is -1.81. The second-order valence-electron chi connectivity index (χ2n) is 6.56. The molecule has 2 aromatic heterocycles. The summed E-state index contributed by atoms with van der Waals surface area (Å²) in [5.74, 6) is -0.197. The topological polar surface area (TPSA) is 88.2 Å². The largest absolute Gasteiger partial charge is 0.297 e. The minimum absolute atomic E-state index is 0.197. The first-order valence-corrected chi connectivity index (χ1v) is 12.6. The van der Waals surface area contributed by atoms with Crippen molar-refractivity contribution in [1.82, 2.24) is 9.71 Å². The number of carbonyl (C=O) groups excluding carboxylic acids is 1. The van der Waals surface area contributed by atoms with E-state index in [-0.39, 0.29) is 5.91 Å². The molecule has 1 aromatic carbocycles. The lowest BCUT2D eigenvalue weighted by atomic mass is 10.1. The maximum atomic E-state index is 12.5. The number of rotatable bonds is 9. The molecule has 2 heterocycles. The van der Waals surface area contributed by atoms with Crippen LogP contribution < -0.4 is 10.0 Å². The molecule has 28 heavy (non-hydrogen) atoms. The Bertz CT molecular complexity index is 1070. The minimum Gasteiger partial charge on any atom is -0.297 e. The Morgan fingerprint density at radius 3 is 2.71 bits per heavy atom. The summed E-state index contributed by atoms with van der Waals surface area (Å²) in [4.78, 5) is 18.5. The molecule has 0 aliphatic heterocycles. The van der Waals surface area contributed by atoms with Crippen molar-refractivity contribution in [1.29, 1.82) is 0 Å². The van der Waals surface area contributed by atoms with Gasteiger partial charge in [-0.05, 0) is 49.1 Å². The van der Waals surface area contributed by atoms with E-state index in [0.717, 1.165) is 40.6 Å². The number of anilines is 1. The summed E-state index contributed by atoms with van der Waals surface area (Å²) in [5, 5.41) is 3.46. The predicted octanol–water partition coefficient (Wildman–Crippen LogP) is 4.04. The zero-order valence-electron chi connectivity index (χ0n) is 15.8. The lowest BCUT2D eigenvalue weighted by molar-refractivity contribution is 0.103. The molecule has 0 aliphatic carbocycles. The van der Waals surface area contributed by atoms with Crippen LogP contribution in [0.25, 0.3) is 10.2 Å². The molecule has 0 spiro atoms. The number of hydrogen-bond donors (Lipinski definition) is 2. The highest BCUT2D eigenvalue weighted by atomic mass is 32.2. The average molecular weight is 438 g/mol. The fourth-order valence-corrected chi connectivity index (χ4v) is 5.01. The smallest absolute Gasteiger partial charge is 0.267 e. The molecule has 0 unspecified atom stereocenters. The number of nitrogens with one attached hydrogen (secondary N) is 2. The Balaban J connectivity index is 1.62. The summed E-state index contributed by atoms with van der Waals surface area (Å²) >= 11 is 2.84. The number of amides is 1. The number of fused-ring (bicyclic) bond motifs is 1. The molecule has 0 radical (unpaired) electrons. The van der Waals surface area contributed by atoms with Gasteiger partial charge >= 0.3 is 0 Å². The highest BCUT2D eigenvalue weighted by Crippen LogP contribution is 2.28. The van der Waals surface area contributed by atoms with E-state index in [0.29, 0.717) is 23.0 Å². The van der Waals surface area contributed by atoms with E-state index >= 15 is 0 Å². The number of hydrogen-bond acceptors (Lipinski definition) is 6. The van der Waals surface area contributed by atoms with E-state index in [1.165, 1.54) is 28.2 Å². The number of aromatic nitrogens is 1. The van der Waals surface area contributed by atoms with Crippen LogP contribution in [0.1, 0.15) is 39.9 Å². The molecule has 0 aliphatic rings. The third-order valence-electron chi connectivity index (χ3n) is 4.11. The van der Waals surface area contributed by atoms with Crippen molar-refractivity contribution in [3.63, 3.8) is 0 Å². The van der Waals surface area contributed by atoms with Crippen LogP contribution in [-0.2, 0) is 22.9 Å². The first-order chi connectivity index (χ1) is 13.3. The lowest BCUT2D eigenvalue weighted by Crippen LogP contribution is -2.24. The first-order valence-electron chi connectivity index (χ1n) is 9.08. The van der Waals surface area contributed by atoms with Gasteiger partial charge in [-0.2, -0.15) is 0 Å². The molecule has 0 saturated carbocycles. The highest BCUT2D eigenvalue weighted by molar-refractivity contribution is 7.88. The third kappa shape index (κ3) is 5.84. The van der Waals surface area contributed by atoms with E-state index < -0.39 is 10.0 Å². The minimum atomic E-state index is -3.20. The molecular formula is C19H23N3O3S3. The van der Waals surface area contributed by atoms with Gasteiger partial charge in [-0.1, -0.05) is 30.7 Å². The maximum absolute atomic E-state index is 12.5. The van der Waals surface area contributed by atoms with Gasteiger partial charge in [0, 0.05) is 11.4 Å². The van der Waals surface area contributed by atoms with Crippen LogP contribution in [0.4, 0.5) is 5.13 Å². The van der Waals surface area contributed by atoms with Crippen LogP contribution in [0.3, 0.4) is 0 Å². The molecule has 0 atom stereocenters. The van der Waals surface area contributed by atoms with Crippen LogP contribution >= 0.6 is 22.7 Å². The van der Waals surface area contributed by atoms with Gasteiger partial charge in [0.1, 0.15) is 0 Å². The molecular weight excluding hydrogens is 414 g/mol. The van der Waals surface area contributed by atoms with Crippen molar-refractivity contribution >= 4 is 54.0 Å². The second kappa shape index (κ2) is 9.13. The number of sulfonamides is 1. The Morgan fingerprint density at radius 1 is 1.14 bits per heavy atom. The van der Waals surface area contributed by atoms with Crippen molar-refractivity contribution in [2.24, 2.45) is 0 Å². The van der Waals surface area contributed by atoms with Crippen molar-refractivity contribution < 1.29 is 13.2 Å². The number of benzene rings is 1. The molecule has 1 amide bonds. The maximum Gasteiger partial charge on any atom is 0.267 e. The van der Waals surface area contributed by atoms with Gasteiger partial charge in [-0.25, -0.2) is 18.1 Å². The summed E-state index contributed by atoms with van der Waals surface area (Å²) in [6, 6.07) is 9.86. The van der Waals surface area contributed by atoms with E-state index in [1.54, 1.807) is 6.07 Å². The van der Waals surface area contributed by atoms with Gasteiger partial charge in [0.25, 0.3) is 5.91 Å². The summed E-state index contributed by atoms with van der Waals surface area (Å²) in [6.45, 7) is 2.50. The summed E-state index contributed by atoms with van der Waals surface area (Å²) in [7, 11) is -3.20. The van der Waals surface area contributed by atoms with Gasteiger partial charge in [0.05, 0.1) is 21.3 Å². The van der Waals surface area contributed by atoms with E-state index in [2.05, 4.69) is 34.1 Å². The van der Waals surface area contributed by atoms with Crippen molar-refractivity contribution in [3.8, 4) is 0 Å². The number of nitrogens with zero attached hydrogens (tertiary/aromatic N) is 1. The quantitative estimate of drug-likeness (QED) is 0.529. The van der Waals surface area contributed by atoms with Gasteiger partial charge in [0.15, 0.2) is 5.13 Å². The van der Waals surface area contributed by atoms with Crippen LogP contribution in [0.5, 0.6) is 0 Å². The normalized spacial score (nSPS) is 11.8. The summed E-state index contributed by atoms with van der Waals surface area (Å²) < 4.78 is 25.7. The van der Waals surface area contributed by atoms with Gasteiger partial charge in [-0.15, -0.1) is 11.3 Å². The monoisotopic (exact) mass is 437 g/mol. The van der Waals surface area contributed by atoms with Crippen LogP contribution in [0, 0.1) is 0 Å². The van der Waals surface area contributed by atoms with Crippen molar-refractivity contribution in [2.45, 2.75) is 32.6 Å². The molecule has 150 valence electrons. The number of carbonyl (C=O) groups is 1. The van der Waals surface area contributed by atoms with Gasteiger partial charge in [0.2, 0.25) is 10.0 Å². The molecule has 3 aromatic rings. The Morgan fingerprint density at radius 2 is 1.96 bits per heavy atom. The molecule has 6 nitrogen and oxygen atoms in total. The van der Waals surface area contributed by atoms with Crippen molar-refractivity contribution in [2.75, 3.05) is 18.1 Å². The first kappa shape index (κ1) is 20.9. The molecule has 0 bridgehead atoms. The number of thiophene rings is 1. The molecule has 3 rings (SSSR count). The fraction of sp³-hybridized carbons (Fsp3) is 0.368. The highest BCUT2D eigenvalue weighted by Gasteiger charge is 2.13. The zero-order valence-corrected chi connectivity index (χ0v) is 18.3. The van der Waals surface area contributed by atoms with Crippen LogP contribution in [0.15, 0.2) is 30.3 Å². The lowest BCUT2D eigenvalue weighted by Gasteiger charge is -2.00. The number of aryl methyl sites for hydroxylation is 1. The van der Waals surface area contributed by atoms with E-state index in [1.807, 2.05) is 12.1 Å². The molecule has 0 fully saturated rings. The van der Waals surface area contributed by atoms with E-state index in [4.69, 9.17) is 0 Å². The third-order valence-corrected chi connectivity index (χ3v) is 6.92. The predicted molar refractivity (Wildman–Crippen MR) is 117 cm³/mol. The molecule has 9 heteroatoms. The molecule has 0 saturated heterocycles. The van der Waals surface area contributed by atoms with Gasteiger partial charge < -0.3 is 0 Å². The Labute approximate surface area is 173 Å². The average Bonchev–Trinajstić information content (AvgIpc) is 3.24. The number of unbranched alkanes of at least 4 members (excludes halogenated alkanes) is 1. The Kier molecular flexibility index (Phi) is 6.82.